The highest BCUT2D eigenvalue weighted by Crippen LogP contribution is 2.20. The van der Waals surface area contributed by atoms with Crippen molar-refractivity contribution in [2.45, 2.75) is 32.7 Å². The number of likely N-dealkylation sites (tertiary alicyclic amines) is 1. The van der Waals surface area contributed by atoms with Crippen LogP contribution in [0.1, 0.15) is 26.7 Å². The Morgan fingerprint density at radius 2 is 2.25 bits per heavy atom. The molecule has 3 amide bonds. The van der Waals surface area contributed by atoms with E-state index in [2.05, 4.69) is 15.5 Å². The van der Waals surface area contributed by atoms with Gasteiger partial charge in [0.05, 0.1) is 11.9 Å². The number of hydrogen-bond donors (Lipinski definition) is 2. The molecular formula is C13H21N5O2. The first-order valence-electron chi connectivity index (χ1n) is 7.02. The van der Waals surface area contributed by atoms with E-state index in [1.807, 2.05) is 13.8 Å². The number of carbonyl (C=O) groups is 2. The summed E-state index contributed by atoms with van der Waals surface area (Å²) in [5.74, 6) is 0.0369. The lowest BCUT2D eigenvalue weighted by molar-refractivity contribution is -0.134. The molecule has 0 aliphatic carbocycles. The second-order valence-corrected chi connectivity index (χ2v) is 4.78. The first-order chi connectivity index (χ1) is 9.67. The monoisotopic (exact) mass is 279 g/mol. The smallest absolute Gasteiger partial charge is 0.322 e. The van der Waals surface area contributed by atoms with Crippen molar-refractivity contribution in [2.24, 2.45) is 0 Å². The number of urea groups is 1. The molecule has 2 N–H and O–H groups in total. The number of likely N-dealkylation sites (N-methyl/N-ethyl adjacent to an activating group) is 1. The molecule has 7 heteroatoms. The number of nitrogens with one attached hydrogen (secondary N) is 2. The summed E-state index contributed by atoms with van der Waals surface area (Å²) in [6, 6.07) is -0.587. The van der Waals surface area contributed by atoms with Crippen LogP contribution in [0.25, 0.3) is 0 Å². The summed E-state index contributed by atoms with van der Waals surface area (Å²) in [5, 5.41) is 9.16. The SMILES string of the molecule is CCN(CC)C(=O)C1CCCN1C(=O)Nc1cn[nH]c1. The summed E-state index contributed by atoms with van der Waals surface area (Å²) in [7, 11) is 0. The molecule has 0 bridgehead atoms. The summed E-state index contributed by atoms with van der Waals surface area (Å²) >= 11 is 0. The van der Waals surface area contributed by atoms with Crippen molar-refractivity contribution in [3.8, 4) is 0 Å². The average molecular weight is 279 g/mol. The van der Waals surface area contributed by atoms with E-state index in [9.17, 15) is 9.59 Å². The lowest BCUT2D eigenvalue weighted by atomic mass is 10.2. The molecule has 0 aromatic carbocycles. The molecule has 2 rings (SSSR count). The van der Waals surface area contributed by atoms with Gasteiger partial charge in [-0.3, -0.25) is 9.89 Å². The first-order valence-corrected chi connectivity index (χ1v) is 7.02. The molecule has 1 aromatic rings. The second kappa shape index (κ2) is 6.40. The van der Waals surface area contributed by atoms with Gasteiger partial charge in [0, 0.05) is 25.8 Å². The third-order valence-corrected chi connectivity index (χ3v) is 3.62. The van der Waals surface area contributed by atoms with E-state index < -0.39 is 0 Å². The van der Waals surface area contributed by atoms with Crippen LogP contribution < -0.4 is 5.32 Å². The average Bonchev–Trinajstić information content (AvgIpc) is 3.10. The quantitative estimate of drug-likeness (QED) is 0.871. The first kappa shape index (κ1) is 14.4. The maximum Gasteiger partial charge on any atom is 0.322 e. The van der Waals surface area contributed by atoms with Crippen LogP contribution in [0.5, 0.6) is 0 Å². The highest BCUT2D eigenvalue weighted by atomic mass is 16.2. The Morgan fingerprint density at radius 3 is 2.85 bits per heavy atom. The van der Waals surface area contributed by atoms with Crippen LogP contribution in [-0.4, -0.2) is 57.6 Å². The number of hydrogen-bond acceptors (Lipinski definition) is 3. The van der Waals surface area contributed by atoms with Gasteiger partial charge in [-0.15, -0.1) is 0 Å². The minimum absolute atomic E-state index is 0.0369. The van der Waals surface area contributed by atoms with Crippen molar-refractivity contribution in [3.05, 3.63) is 12.4 Å². The van der Waals surface area contributed by atoms with Crippen LogP contribution in [-0.2, 0) is 4.79 Å². The molecule has 0 saturated carbocycles. The largest absolute Gasteiger partial charge is 0.341 e. The topological polar surface area (TPSA) is 81.3 Å². The van der Waals surface area contributed by atoms with Crippen molar-refractivity contribution in [2.75, 3.05) is 25.0 Å². The van der Waals surface area contributed by atoms with Gasteiger partial charge in [-0.05, 0) is 26.7 Å². The Kier molecular flexibility index (Phi) is 4.60. The number of amides is 3. The molecule has 1 aliphatic rings. The Labute approximate surface area is 118 Å². The number of aromatic nitrogens is 2. The minimum Gasteiger partial charge on any atom is -0.341 e. The van der Waals surface area contributed by atoms with Crippen LogP contribution >= 0.6 is 0 Å². The van der Waals surface area contributed by atoms with E-state index in [1.54, 1.807) is 16.0 Å². The van der Waals surface area contributed by atoms with Gasteiger partial charge in [0.25, 0.3) is 0 Å². The highest BCUT2D eigenvalue weighted by Gasteiger charge is 2.35. The molecular weight excluding hydrogens is 258 g/mol. The Morgan fingerprint density at radius 1 is 1.50 bits per heavy atom. The van der Waals surface area contributed by atoms with Gasteiger partial charge >= 0.3 is 6.03 Å². The predicted octanol–water partition coefficient (Wildman–Crippen LogP) is 1.27. The number of rotatable bonds is 4. The highest BCUT2D eigenvalue weighted by molar-refractivity contribution is 5.94. The summed E-state index contributed by atoms with van der Waals surface area (Å²) in [5.41, 5.74) is 0.607. The normalized spacial score (nSPS) is 18.1. The Balaban J connectivity index is 2.03. The summed E-state index contributed by atoms with van der Waals surface area (Å²) in [4.78, 5) is 28.0. The second-order valence-electron chi connectivity index (χ2n) is 4.78. The Hall–Kier alpha value is -2.05. The fourth-order valence-electron chi connectivity index (χ4n) is 2.53. The zero-order chi connectivity index (χ0) is 14.5. The van der Waals surface area contributed by atoms with Gasteiger partial charge in [-0.2, -0.15) is 5.10 Å². The molecule has 1 aromatic heterocycles. The van der Waals surface area contributed by atoms with Gasteiger partial charge in [-0.25, -0.2) is 4.79 Å². The van der Waals surface area contributed by atoms with E-state index in [0.717, 1.165) is 12.8 Å². The van der Waals surface area contributed by atoms with Gasteiger partial charge < -0.3 is 15.1 Å². The van der Waals surface area contributed by atoms with Crippen molar-refractivity contribution in [1.29, 1.82) is 0 Å². The fraction of sp³-hybridized carbons (Fsp3) is 0.615. The molecule has 2 heterocycles. The van der Waals surface area contributed by atoms with Gasteiger partial charge in [0.2, 0.25) is 5.91 Å². The third-order valence-electron chi connectivity index (χ3n) is 3.62. The molecule has 0 radical (unpaired) electrons. The molecule has 1 saturated heterocycles. The lowest BCUT2D eigenvalue weighted by Gasteiger charge is -2.28. The number of anilines is 1. The van der Waals surface area contributed by atoms with Crippen molar-refractivity contribution < 1.29 is 9.59 Å². The summed E-state index contributed by atoms with van der Waals surface area (Å²) in [6.07, 6.45) is 4.73. The van der Waals surface area contributed by atoms with Gasteiger partial charge in [-0.1, -0.05) is 0 Å². The molecule has 7 nitrogen and oxygen atoms in total. The summed E-state index contributed by atoms with van der Waals surface area (Å²) in [6.45, 7) is 5.85. The summed E-state index contributed by atoms with van der Waals surface area (Å²) < 4.78 is 0. The van der Waals surface area contributed by atoms with E-state index in [4.69, 9.17) is 0 Å². The molecule has 0 spiro atoms. The zero-order valence-electron chi connectivity index (χ0n) is 11.9. The maximum absolute atomic E-state index is 12.4. The van der Waals surface area contributed by atoms with Crippen molar-refractivity contribution in [1.82, 2.24) is 20.0 Å². The number of nitrogens with zero attached hydrogens (tertiary/aromatic N) is 3. The van der Waals surface area contributed by atoms with E-state index in [-0.39, 0.29) is 18.0 Å². The molecule has 20 heavy (non-hydrogen) atoms. The Bertz CT molecular complexity index is 455. The predicted molar refractivity (Wildman–Crippen MR) is 75.3 cm³/mol. The van der Waals surface area contributed by atoms with E-state index in [0.29, 0.717) is 25.3 Å². The maximum atomic E-state index is 12.4. The van der Waals surface area contributed by atoms with Crippen molar-refractivity contribution >= 4 is 17.6 Å². The number of aromatic amines is 1. The van der Waals surface area contributed by atoms with Crippen LogP contribution in [0, 0.1) is 0 Å². The molecule has 1 atom stereocenters. The molecule has 110 valence electrons. The molecule has 1 fully saturated rings. The van der Waals surface area contributed by atoms with Crippen LogP contribution in [0.2, 0.25) is 0 Å². The third kappa shape index (κ3) is 2.92. The number of H-pyrrole nitrogens is 1. The zero-order valence-corrected chi connectivity index (χ0v) is 11.9. The molecule has 1 unspecified atom stereocenters. The number of carbonyl (C=O) groups excluding carboxylic acids is 2. The van der Waals surface area contributed by atoms with Gasteiger partial charge in [0.1, 0.15) is 6.04 Å². The standard InChI is InChI=1S/C13H21N5O2/c1-3-17(4-2)12(19)11-6-5-7-18(11)13(20)16-10-8-14-15-9-10/h8-9,11H,3-7H2,1-2H3,(H,14,15)(H,16,20). The van der Waals surface area contributed by atoms with Crippen LogP contribution in [0.15, 0.2) is 12.4 Å². The lowest BCUT2D eigenvalue weighted by Crippen LogP contribution is -2.48. The minimum atomic E-state index is -0.346. The van der Waals surface area contributed by atoms with Gasteiger partial charge in [0.15, 0.2) is 0 Å². The molecule has 1 aliphatic heterocycles. The van der Waals surface area contributed by atoms with E-state index >= 15 is 0 Å². The van der Waals surface area contributed by atoms with Crippen LogP contribution in [0.3, 0.4) is 0 Å². The fourth-order valence-corrected chi connectivity index (χ4v) is 2.53. The van der Waals surface area contributed by atoms with Crippen molar-refractivity contribution in [3.63, 3.8) is 0 Å². The van der Waals surface area contributed by atoms with E-state index in [1.165, 1.54) is 6.20 Å². The van der Waals surface area contributed by atoms with Crippen LogP contribution in [0.4, 0.5) is 10.5 Å².